The van der Waals surface area contributed by atoms with E-state index < -0.39 is 18.8 Å². The molecule has 7 nitrogen and oxygen atoms in total. The third kappa shape index (κ3) is 15.0. The van der Waals surface area contributed by atoms with E-state index in [0.29, 0.717) is 25.8 Å². The van der Waals surface area contributed by atoms with Crippen LogP contribution in [0.5, 0.6) is 0 Å². The average molecular weight is 470 g/mol. The molecule has 33 heavy (non-hydrogen) atoms. The third-order valence-corrected chi connectivity index (χ3v) is 6.18. The fourth-order valence-electron chi connectivity index (χ4n) is 4.07. The Morgan fingerprint density at radius 2 is 1.39 bits per heavy atom. The summed E-state index contributed by atoms with van der Waals surface area (Å²) < 4.78 is 10.2. The van der Waals surface area contributed by atoms with E-state index in [2.05, 4.69) is 6.92 Å². The summed E-state index contributed by atoms with van der Waals surface area (Å²) in [5.74, 6) is -0.627. The summed E-state index contributed by atoms with van der Waals surface area (Å²) in [5.41, 5.74) is 0. The monoisotopic (exact) mass is 469 g/mol. The molecule has 0 saturated carbocycles. The van der Waals surface area contributed by atoms with Gasteiger partial charge in [0.05, 0.1) is 6.61 Å². The van der Waals surface area contributed by atoms with Gasteiger partial charge in [0.15, 0.2) is 6.10 Å². The van der Waals surface area contributed by atoms with E-state index >= 15 is 0 Å². The number of esters is 1. The molecule has 1 atom stereocenters. The lowest BCUT2D eigenvalue weighted by Crippen LogP contribution is -2.38. The van der Waals surface area contributed by atoms with E-state index in [-0.39, 0.29) is 18.5 Å². The molecule has 7 heteroatoms. The van der Waals surface area contributed by atoms with Gasteiger partial charge in [-0.2, -0.15) is 0 Å². The van der Waals surface area contributed by atoms with Gasteiger partial charge >= 0.3 is 12.1 Å². The van der Waals surface area contributed by atoms with Gasteiger partial charge < -0.3 is 14.6 Å². The van der Waals surface area contributed by atoms with Gasteiger partial charge in [-0.25, -0.2) is 9.69 Å². The van der Waals surface area contributed by atoms with E-state index in [1.54, 1.807) is 0 Å². The minimum atomic E-state index is -0.948. The van der Waals surface area contributed by atoms with Gasteiger partial charge in [-0.05, 0) is 12.8 Å². The second-order valence-electron chi connectivity index (χ2n) is 9.22. The predicted octanol–water partition coefficient (Wildman–Crippen LogP) is 5.91. The second-order valence-corrected chi connectivity index (χ2v) is 9.22. The summed E-state index contributed by atoms with van der Waals surface area (Å²) >= 11 is 0. The summed E-state index contributed by atoms with van der Waals surface area (Å²) in [6.07, 6.45) is 18.6. The van der Waals surface area contributed by atoms with Gasteiger partial charge in [0.1, 0.15) is 6.61 Å². The van der Waals surface area contributed by atoms with Gasteiger partial charge in [0.25, 0.3) is 0 Å². The molecule has 0 bridgehead atoms. The fraction of sp³-hybridized carbons (Fsp3) is 0.885. The maximum atomic E-state index is 11.9. The highest BCUT2D eigenvalue weighted by Gasteiger charge is 2.29. The zero-order chi connectivity index (χ0) is 24.2. The molecule has 0 aromatic rings. The molecule has 0 radical (unpaired) electrons. The van der Waals surface area contributed by atoms with E-state index in [1.807, 2.05) is 0 Å². The molecule has 0 aromatic heterocycles. The molecule has 2 amide bonds. The Morgan fingerprint density at radius 3 is 1.85 bits per heavy atom. The van der Waals surface area contributed by atoms with Crippen LogP contribution >= 0.6 is 0 Å². The Bertz CT molecular complexity index is 539. The van der Waals surface area contributed by atoms with Crippen molar-refractivity contribution in [2.45, 2.75) is 129 Å². The molecule has 0 aromatic carbocycles. The molecule has 192 valence electrons. The van der Waals surface area contributed by atoms with Crippen LogP contribution in [0.1, 0.15) is 122 Å². The molecule has 1 rings (SSSR count). The number of amides is 2. The lowest BCUT2D eigenvalue weighted by molar-refractivity contribution is -0.148. The number of unbranched alkanes of at least 4 members (excludes halogenated alkanes) is 14. The Labute approximate surface area is 200 Å². The molecule has 0 spiro atoms. The maximum absolute atomic E-state index is 11.9. The molecule has 1 fully saturated rings. The number of likely N-dealkylation sites (tertiary alicyclic amines) is 1. The number of aliphatic hydroxyl groups excluding tert-OH is 1. The second kappa shape index (κ2) is 19.8. The fourth-order valence-corrected chi connectivity index (χ4v) is 4.07. The van der Waals surface area contributed by atoms with Crippen LogP contribution in [0.4, 0.5) is 4.79 Å². The van der Waals surface area contributed by atoms with Crippen molar-refractivity contribution in [2.24, 2.45) is 0 Å². The predicted molar refractivity (Wildman–Crippen MR) is 129 cm³/mol. The van der Waals surface area contributed by atoms with E-state index in [0.717, 1.165) is 24.2 Å². The Hall–Kier alpha value is -1.63. The van der Waals surface area contributed by atoms with Crippen molar-refractivity contribution in [2.75, 3.05) is 19.8 Å². The number of imide groups is 1. The van der Waals surface area contributed by atoms with E-state index in [1.165, 1.54) is 77.0 Å². The summed E-state index contributed by atoms with van der Waals surface area (Å²) in [4.78, 5) is 36.4. The molecule has 1 aliphatic rings. The van der Waals surface area contributed by atoms with Crippen LogP contribution in [0, 0.1) is 0 Å². The molecule has 0 aliphatic carbocycles. The zero-order valence-electron chi connectivity index (χ0n) is 20.9. The molecule has 1 saturated heterocycles. The van der Waals surface area contributed by atoms with E-state index in [9.17, 15) is 19.5 Å². The Balaban J connectivity index is 1.91. The summed E-state index contributed by atoms with van der Waals surface area (Å²) in [6, 6.07) is 0. The highest BCUT2D eigenvalue weighted by molar-refractivity contribution is 5.93. The van der Waals surface area contributed by atoms with Gasteiger partial charge in [-0.15, -0.1) is 0 Å². The number of carbonyl (C=O) groups is 3. The SMILES string of the molecule is CCCCCCCCCCCCCCCCCC(=O)OCC(CO)OC(=O)N1CCCC1=O. The molecular formula is C26H47NO6. The first-order valence-electron chi connectivity index (χ1n) is 13.4. The number of ether oxygens (including phenoxy) is 2. The Morgan fingerprint density at radius 1 is 0.879 bits per heavy atom. The van der Waals surface area contributed by atoms with Crippen molar-refractivity contribution in [1.82, 2.24) is 4.90 Å². The van der Waals surface area contributed by atoms with Crippen LogP contribution in [-0.2, 0) is 19.1 Å². The normalized spacial score (nSPS) is 14.5. The van der Waals surface area contributed by atoms with Crippen molar-refractivity contribution in [3.05, 3.63) is 0 Å². The largest absolute Gasteiger partial charge is 0.462 e. The smallest absolute Gasteiger partial charge is 0.416 e. The Kier molecular flexibility index (Phi) is 17.6. The number of carbonyl (C=O) groups excluding carboxylic acids is 3. The van der Waals surface area contributed by atoms with Crippen LogP contribution < -0.4 is 0 Å². The van der Waals surface area contributed by atoms with Gasteiger partial charge in [-0.1, -0.05) is 96.8 Å². The van der Waals surface area contributed by atoms with Gasteiger partial charge in [0, 0.05) is 19.4 Å². The molecule has 1 heterocycles. The quantitative estimate of drug-likeness (QED) is 0.176. The van der Waals surface area contributed by atoms with Crippen LogP contribution in [0.15, 0.2) is 0 Å². The number of rotatable bonds is 20. The first-order valence-corrected chi connectivity index (χ1v) is 13.4. The van der Waals surface area contributed by atoms with Crippen molar-refractivity contribution in [1.29, 1.82) is 0 Å². The number of nitrogens with zero attached hydrogens (tertiary/aromatic N) is 1. The zero-order valence-corrected chi connectivity index (χ0v) is 20.9. The first kappa shape index (κ1) is 29.4. The maximum Gasteiger partial charge on any atom is 0.416 e. The summed E-state index contributed by atoms with van der Waals surface area (Å²) in [7, 11) is 0. The summed E-state index contributed by atoms with van der Waals surface area (Å²) in [6.45, 7) is 1.93. The lowest BCUT2D eigenvalue weighted by Gasteiger charge is -2.19. The lowest BCUT2D eigenvalue weighted by atomic mass is 10.0. The highest BCUT2D eigenvalue weighted by atomic mass is 16.6. The van der Waals surface area contributed by atoms with Crippen LogP contribution in [0.3, 0.4) is 0 Å². The first-order chi connectivity index (χ1) is 16.1. The summed E-state index contributed by atoms with van der Waals surface area (Å²) in [5, 5.41) is 9.34. The van der Waals surface area contributed by atoms with Crippen molar-refractivity contribution in [3.8, 4) is 0 Å². The average Bonchev–Trinajstić information content (AvgIpc) is 3.25. The highest BCUT2D eigenvalue weighted by Crippen LogP contribution is 2.14. The molecule has 1 unspecified atom stereocenters. The minimum absolute atomic E-state index is 0.193. The number of aliphatic hydroxyl groups is 1. The van der Waals surface area contributed by atoms with Crippen LogP contribution in [-0.4, -0.2) is 53.8 Å². The molecule has 1 N–H and O–H groups in total. The van der Waals surface area contributed by atoms with Crippen molar-refractivity contribution in [3.63, 3.8) is 0 Å². The van der Waals surface area contributed by atoms with Crippen molar-refractivity contribution < 1.29 is 29.0 Å². The topological polar surface area (TPSA) is 93.1 Å². The van der Waals surface area contributed by atoms with E-state index in [4.69, 9.17) is 9.47 Å². The standard InChI is InChI=1S/C26H47NO6/c1-2-3-4-5-6-7-8-9-10-11-12-13-14-15-16-19-25(30)32-22-23(21-28)33-26(31)27-20-17-18-24(27)29/h23,28H,2-22H2,1H3. The van der Waals surface area contributed by atoms with Crippen molar-refractivity contribution >= 4 is 18.0 Å². The molecule has 1 aliphatic heterocycles. The van der Waals surface area contributed by atoms with Gasteiger partial charge in [0.2, 0.25) is 5.91 Å². The van der Waals surface area contributed by atoms with Gasteiger partial charge in [-0.3, -0.25) is 9.59 Å². The molecular weight excluding hydrogens is 422 g/mol. The number of hydrogen-bond acceptors (Lipinski definition) is 6. The minimum Gasteiger partial charge on any atom is -0.462 e. The van der Waals surface area contributed by atoms with Crippen LogP contribution in [0.25, 0.3) is 0 Å². The third-order valence-electron chi connectivity index (χ3n) is 6.18. The number of hydrogen-bond donors (Lipinski definition) is 1. The van der Waals surface area contributed by atoms with Crippen LogP contribution in [0.2, 0.25) is 0 Å².